The maximum absolute atomic E-state index is 4.28. The highest BCUT2D eigenvalue weighted by molar-refractivity contribution is 5.39. The summed E-state index contributed by atoms with van der Waals surface area (Å²) in [5, 5.41) is 6.77. The lowest BCUT2D eigenvalue weighted by molar-refractivity contribution is 0.478. The number of piperidine rings is 1. The highest BCUT2D eigenvalue weighted by Gasteiger charge is 2.13. The van der Waals surface area contributed by atoms with Gasteiger partial charge in [0.15, 0.2) is 0 Å². The minimum Gasteiger partial charge on any atom is -0.366 e. The fourth-order valence-electron chi connectivity index (χ4n) is 1.71. The number of anilines is 1. The summed E-state index contributed by atoms with van der Waals surface area (Å²) in [7, 11) is 0. The third-order valence-corrected chi connectivity index (χ3v) is 2.56. The highest BCUT2D eigenvalue weighted by atomic mass is 15.1. The Labute approximate surface area is 84.2 Å². The quantitative estimate of drug-likeness (QED) is 0.732. The van der Waals surface area contributed by atoms with Crippen molar-refractivity contribution in [1.29, 1.82) is 0 Å². The van der Waals surface area contributed by atoms with Crippen molar-refractivity contribution in [3.8, 4) is 0 Å². The van der Waals surface area contributed by atoms with Gasteiger partial charge in [-0.2, -0.15) is 0 Å². The summed E-state index contributed by atoms with van der Waals surface area (Å²) < 4.78 is 0. The van der Waals surface area contributed by atoms with E-state index in [2.05, 4.69) is 20.6 Å². The van der Waals surface area contributed by atoms with E-state index in [-0.39, 0.29) is 0 Å². The molecule has 0 spiro atoms. The Morgan fingerprint density at radius 1 is 1.29 bits per heavy atom. The second-order valence-corrected chi connectivity index (χ2v) is 3.66. The zero-order valence-electron chi connectivity index (χ0n) is 8.45. The molecule has 0 aliphatic carbocycles. The molecular formula is C10H16N4. The average molecular weight is 192 g/mol. The Morgan fingerprint density at radius 3 is 2.71 bits per heavy atom. The molecule has 2 rings (SSSR count). The van der Waals surface area contributed by atoms with Gasteiger partial charge in [0.05, 0.1) is 5.69 Å². The molecule has 1 aromatic rings. The van der Waals surface area contributed by atoms with E-state index in [1.54, 1.807) is 12.4 Å². The summed E-state index contributed by atoms with van der Waals surface area (Å²) in [5.41, 5.74) is 0.978. The van der Waals surface area contributed by atoms with E-state index in [0.717, 1.165) is 37.4 Å². The van der Waals surface area contributed by atoms with Crippen LogP contribution in [0.4, 0.5) is 5.82 Å². The molecule has 2 heterocycles. The SMILES string of the molecule is Cc1nccnc1NC1CCNCC1. The number of aromatic nitrogens is 2. The normalized spacial score (nSPS) is 18.1. The Hall–Kier alpha value is -1.16. The van der Waals surface area contributed by atoms with Crippen molar-refractivity contribution in [1.82, 2.24) is 15.3 Å². The van der Waals surface area contributed by atoms with Gasteiger partial charge in [0.25, 0.3) is 0 Å². The number of aryl methyl sites for hydroxylation is 1. The first kappa shape index (κ1) is 9.40. The molecule has 0 aromatic carbocycles. The molecule has 2 N–H and O–H groups in total. The van der Waals surface area contributed by atoms with Gasteiger partial charge < -0.3 is 10.6 Å². The van der Waals surface area contributed by atoms with Crippen LogP contribution in [0.2, 0.25) is 0 Å². The number of nitrogens with one attached hydrogen (secondary N) is 2. The van der Waals surface area contributed by atoms with Crippen molar-refractivity contribution in [2.75, 3.05) is 18.4 Å². The molecule has 1 aromatic heterocycles. The summed E-state index contributed by atoms with van der Waals surface area (Å²) in [6.07, 6.45) is 5.78. The molecule has 0 atom stereocenters. The number of hydrogen-bond donors (Lipinski definition) is 2. The maximum atomic E-state index is 4.28. The fraction of sp³-hybridized carbons (Fsp3) is 0.600. The average Bonchev–Trinajstić information content (AvgIpc) is 2.23. The van der Waals surface area contributed by atoms with Gasteiger partial charge in [-0.25, -0.2) is 4.98 Å². The predicted octanol–water partition coefficient (Wildman–Crippen LogP) is 0.949. The number of nitrogens with zero attached hydrogens (tertiary/aromatic N) is 2. The maximum Gasteiger partial charge on any atom is 0.147 e. The second-order valence-electron chi connectivity index (χ2n) is 3.66. The molecule has 0 unspecified atom stereocenters. The molecule has 1 saturated heterocycles. The van der Waals surface area contributed by atoms with Crippen molar-refractivity contribution in [3.05, 3.63) is 18.1 Å². The smallest absolute Gasteiger partial charge is 0.147 e. The third kappa shape index (κ3) is 2.20. The number of hydrogen-bond acceptors (Lipinski definition) is 4. The van der Waals surface area contributed by atoms with E-state index in [0.29, 0.717) is 6.04 Å². The standard InChI is InChI=1S/C10H16N4/c1-8-10(13-7-6-12-8)14-9-2-4-11-5-3-9/h6-7,9,11H,2-5H2,1H3,(H,13,14). The first-order chi connectivity index (χ1) is 6.86. The Bertz CT molecular complexity index is 294. The third-order valence-electron chi connectivity index (χ3n) is 2.56. The van der Waals surface area contributed by atoms with Crippen LogP contribution in [0.15, 0.2) is 12.4 Å². The Balaban J connectivity index is 1.99. The zero-order valence-corrected chi connectivity index (χ0v) is 8.45. The second kappa shape index (κ2) is 4.37. The van der Waals surface area contributed by atoms with Crippen LogP contribution in [0.3, 0.4) is 0 Å². The van der Waals surface area contributed by atoms with Gasteiger partial charge in [-0.15, -0.1) is 0 Å². The Morgan fingerprint density at radius 2 is 2.00 bits per heavy atom. The van der Waals surface area contributed by atoms with Crippen LogP contribution in [-0.2, 0) is 0 Å². The van der Waals surface area contributed by atoms with E-state index in [1.165, 1.54) is 0 Å². The van der Waals surface area contributed by atoms with Gasteiger partial charge in [-0.05, 0) is 32.9 Å². The molecule has 4 nitrogen and oxygen atoms in total. The molecule has 76 valence electrons. The predicted molar refractivity (Wildman–Crippen MR) is 56.3 cm³/mol. The first-order valence-electron chi connectivity index (χ1n) is 5.11. The molecule has 0 radical (unpaired) electrons. The van der Waals surface area contributed by atoms with E-state index in [9.17, 15) is 0 Å². The van der Waals surface area contributed by atoms with Crippen LogP contribution in [0.25, 0.3) is 0 Å². The van der Waals surface area contributed by atoms with Crippen LogP contribution in [0.5, 0.6) is 0 Å². The van der Waals surface area contributed by atoms with Gasteiger partial charge >= 0.3 is 0 Å². The van der Waals surface area contributed by atoms with Gasteiger partial charge in [-0.1, -0.05) is 0 Å². The van der Waals surface area contributed by atoms with Crippen LogP contribution in [-0.4, -0.2) is 29.1 Å². The number of rotatable bonds is 2. The van der Waals surface area contributed by atoms with Crippen LogP contribution < -0.4 is 10.6 Å². The summed E-state index contributed by atoms with van der Waals surface area (Å²) in [6, 6.07) is 0.548. The Kier molecular flexibility index (Phi) is 2.93. The van der Waals surface area contributed by atoms with E-state index in [1.807, 2.05) is 6.92 Å². The first-order valence-corrected chi connectivity index (χ1v) is 5.11. The fourth-order valence-corrected chi connectivity index (χ4v) is 1.71. The van der Waals surface area contributed by atoms with Crippen molar-refractivity contribution in [2.24, 2.45) is 0 Å². The summed E-state index contributed by atoms with van der Waals surface area (Å²) in [6.45, 7) is 4.17. The monoisotopic (exact) mass is 192 g/mol. The zero-order chi connectivity index (χ0) is 9.80. The largest absolute Gasteiger partial charge is 0.366 e. The molecular weight excluding hydrogens is 176 g/mol. The van der Waals surface area contributed by atoms with E-state index < -0.39 is 0 Å². The van der Waals surface area contributed by atoms with Gasteiger partial charge in [-0.3, -0.25) is 4.98 Å². The molecule has 0 saturated carbocycles. The summed E-state index contributed by atoms with van der Waals surface area (Å²) >= 11 is 0. The van der Waals surface area contributed by atoms with Crippen LogP contribution in [0.1, 0.15) is 18.5 Å². The molecule has 4 heteroatoms. The van der Waals surface area contributed by atoms with Gasteiger partial charge in [0, 0.05) is 18.4 Å². The van der Waals surface area contributed by atoms with Crippen molar-refractivity contribution >= 4 is 5.82 Å². The summed E-state index contributed by atoms with van der Waals surface area (Å²) in [4.78, 5) is 8.48. The van der Waals surface area contributed by atoms with Crippen molar-refractivity contribution in [2.45, 2.75) is 25.8 Å². The molecule has 1 fully saturated rings. The van der Waals surface area contributed by atoms with Gasteiger partial charge in [0.2, 0.25) is 0 Å². The lowest BCUT2D eigenvalue weighted by Gasteiger charge is -2.24. The lowest BCUT2D eigenvalue weighted by atomic mass is 10.1. The molecule has 0 amide bonds. The van der Waals surface area contributed by atoms with Crippen LogP contribution in [0, 0.1) is 6.92 Å². The highest BCUT2D eigenvalue weighted by Crippen LogP contribution is 2.12. The van der Waals surface area contributed by atoms with Crippen molar-refractivity contribution < 1.29 is 0 Å². The van der Waals surface area contributed by atoms with Crippen LogP contribution >= 0.6 is 0 Å². The van der Waals surface area contributed by atoms with E-state index >= 15 is 0 Å². The van der Waals surface area contributed by atoms with E-state index in [4.69, 9.17) is 0 Å². The molecule has 1 aliphatic rings. The molecule has 14 heavy (non-hydrogen) atoms. The topological polar surface area (TPSA) is 49.8 Å². The summed E-state index contributed by atoms with van der Waals surface area (Å²) in [5.74, 6) is 0.930. The molecule has 0 bridgehead atoms. The van der Waals surface area contributed by atoms with Crippen molar-refractivity contribution in [3.63, 3.8) is 0 Å². The lowest BCUT2D eigenvalue weighted by Crippen LogP contribution is -2.35. The molecule has 1 aliphatic heterocycles. The minimum atomic E-state index is 0.548. The minimum absolute atomic E-state index is 0.548. The van der Waals surface area contributed by atoms with Gasteiger partial charge in [0.1, 0.15) is 5.82 Å².